The van der Waals surface area contributed by atoms with Crippen LogP contribution < -0.4 is 26.6 Å². The Bertz CT molecular complexity index is 1730. The van der Waals surface area contributed by atoms with Crippen LogP contribution in [0.1, 0.15) is 180 Å². The van der Waals surface area contributed by atoms with Gasteiger partial charge < -0.3 is 46.3 Å². The van der Waals surface area contributed by atoms with Crippen LogP contribution in [0.4, 0.5) is 4.79 Å². The van der Waals surface area contributed by atoms with Crippen molar-refractivity contribution in [3.05, 3.63) is 0 Å². The number of alkyl carbamates (subject to hydrolysis) is 1. The Morgan fingerprint density at radius 2 is 1.13 bits per heavy atom. The van der Waals surface area contributed by atoms with Crippen LogP contribution in [0.3, 0.4) is 0 Å². The molecule has 0 aliphatic heterocycles. The number of amides is 5. The molecule has 0 saturated heterocycles. The molecule has 15 heteroatoms. The molecule has 68 heavy (non-hydrogen) atoms. The van der Waals surface area contributed by atoms with Crippen LogP contribution in [0.25, 0.3) is 0 Å². The number of esters is 1. The molecule has 0 bridgehead atoms. The lowest BCUT2D eigenvalue weighted by molar-refractivity contribution is -0.200. The van der Waals surface area contributed by atoms with Crippen molar-refractivity contribution in [3.63, 3.8) is 0 Å². The number of aliphatic hydroxyl groups excluding tert-OH is 2. The van der Waals surface area contributed by atoms with Gasteiger partial charge in [0.1, 0.15) is 29.8 Å². The van der Waals surface area contributed by atoms with Crippen LogP contribution in [0, 0.1) is 64.1 Å². The summed E-state index contributed by atoms with van der Waals surface area (Å²) in [5, 5.41) is 38.7. The molecule has 14 atom stereocenters. The number of rotatable bonds is 21. The number of fused-ring (bicyclic) bond motifs is 5. The molecule has 4 saturated carbocycles. The van der Waals surface area contributed by atoms with Gasteiger partial charge in [-0.05, 0) is 168 Å². The second-order valence-electron chi connectivity index (χ2n) is 24.5. The van der Waals surface area contributed by atoms with E-state index >= 15 is 0 Å². The Hall–Kier alpha value is -3.46. The summed E-state index contributed by atoms with van der Waals surface area (Å²) < 4.78 is 10.3. The Labute approximate surface area is 408 Å². The lowest BCUT2D eigenvalue weighted by Crippen LogP contribution is -2.63. The molecule has 5 amide bonds. The van der Waals surface area contributed by atoms with Crippen molar-refractivity contribution in [2.45, 2.75) is 228 Å². The Morgan fingerprint density at radius 1 is 0.647 bits per heavy atom. The van der Waals surface area contributed by atoms with Crippen molar-refractivity contribution >= 4 is 35.7 Å². The number of hydrogen-bond donors (Lipinski definition) is 7. The van der Waals surface area contributed by atoms with Gasteiger partial charge in [-0.1, -0.05) is 69.2 Å². The van der Waals surface area contributed by atoms with E-state index in [4.69, 9.17) is 9.47 Å². The molecule has 0 heterocycles. The fourth-order valence-corrected chi connectivity index (χ4v) is 12.9. The molecule has 0 aromatic rings. The van der Waals surface area contributed by atoms with E-state index in [0.717, 1.165) is 38.5 Å². The molecule has 390 valence electrons. The lowest BCUT2D eigenvalue weighted by atomic mass is 9.43. The van der Waals surface area contributed by atoms with Gasteiger partial charge in [-0.2, -0.15) is 0 Å². The van der Waals surface area contributed by atoms with Gasteiger partial charge in [-0.15, -0.1) is 0 Å². The monoisotopic (exact) mass is 960 g/mol. The third kappa shape index (κ3) is 14.8. The quantitative estimate of drug-likeness (QED) is 0.0587. The van der Waals surface area contributed by atoms with E-state index in [1.807, 2.05) is 55.4 Å². The highest BCUT2D eigenvalue weighted by Crippen LogP contribution is 2.68. The molecule has 15 nitrogen and oxygen atoms in total. The second-order valence-corrected chi connectivity index (χ2v) is 24.5. The zero-order valence-electron chi connectivity index (χ0n) is 44.3. The highest BCUT2D eigenvalue weighted by molar-refractivity contribution is 5.95. The molecule has 0 unspecified atom stereocenters. The smallest absolute Gasteiger partial charge is 0.408 e. The summed E-state index contributed by atoms with van der Waals surface area (Å²) in [5.41, 5.74) is -1.20. The van der Waals surface area contributed by atoms with Gasteiger partial charge >= 0.3 is 12.1 Å². The third-order valence-electron chi connectivity index (χ3n) is 16.2. The number of nitrogens with one attached hydrogen (secondary N) is 5. The maximum Gasteiger partial charge on any atom is 0.408 e. The first kappa shape index (κ1) is 57.1. The summed E-state index contributed by atoms with van der Waals surface area (Å²) in [6, 6.07) is -3.96. The van der Waals surface area contributed by atoms with Crippen LogP contribution in [-0.4, -0.2) is 101 Å². The van der Waals surface area contributed by atoms with E-state index in [9.17, 15) is 39.0 Å². The van der Waals surface area contributed by atoms with Gasteiger partial charge in [-0.3, -0.25) is 24.0 Å². The molecule has 4 aliphatic carbocycles. The van der Waals surface area contributed by atoms with Crippen molar-refractivity contribution in [2.24, 2.45) is 64.1 Å². The first-order chi connectivity index (χ1) is 31.6. The van der Waals surface area contributed by atoms with E-state index in [1.165, 1.54) is 7.11 Å². The van der Waals surface area contributed by atoms with Gasteiger partial charge in [0, 0.05) is 12.5 Å². The highest BCUT2D eigenvalue weighted by atomic mass is 16.6. The second kappa shape index (κ2) is 24.1. The predicted molar refractivity (Wildman–Crippen MR) is 263 cm³/mol. The van der Waals surface area contributed by atoms with Crippen molar-refractivity contribution in [3.8, 4) is 0 Å². The largest absolute Gasteiger partial charge is 0.469 e. The number of methoxy groups -OCH3 is 1. The third-order valence-corrected chi connectivity index (χ3v) is 16.2. The summed E-state index contributed by atoms with van der Waals surface area (Å²) in [6.07, 6.45) is 6.99. The van der Waals surface area contributed by atoms with Crippen molar-refractivity contribution in [1.29, 1.82) is 0 Å². The first-order valence-corrected chi connectivity index (χ1v) is 26.2. The highest BCUT2D eigenvalue weighted by Gasteiger charge is 2.65. The summed E-state index contributed by atoms with van der Waals surface area (Å²) in [7, 11) is 1.41. The minimum absolute atomic E-state index is 0.00216. The molecule has 4 aliphatic rings. The van der Waals surface area contributed by atoms with Crippen LogP contribution in [0.5, 0.6) is 0 Å². The molecule has 7 N–H and O–H groups in total. The normalized spacial score (nSPS) is 30.8. The molecule has 4 fully saturated rings. The fraction of sp³-hybridized carbons (Fsp3) is 0.887. The van der Waals surface area contributed by atoms with E-state index in [1.54, 1.807) is 20.8 Å². The minimum Gasteiger partial charge on any atom is -0.469 e. The minimum atomic E-state index is -0.999. The molecular formula is C53H93N5O10. The SMILES string of the molecule is COC(=O)CCC[C@H]1CC[C@H]2[C@@H]3[C@H](O)C[C@@H]4C[C@@H](NC(=O)[C@H](CC(C)C)NC(=O)[C@H](CC(C)C)NC(=O)[C@H](CC(C)C)NC(=O)[C@H](CC(C)C)NC(=O)OC(C)(C)C)CC[C@]4(C)[C@H]3C[C@H](O)[C@]12C. The van der Waals surface area contributed by atoms with Gasteiger partial charge in [0.15, 0.2) is 0 Å². The first-order valence-electron chi connectivity index (χ1n) is 26.2. The number of carbonyl (C=O) groups is 6. The zero-order chi connectivity index (χ0) is 51.1. The van der Waals surface area contributed by atoms with Crippen LogP contribution in [0.15, 0.2) is 0 Å². The zero-order valence-corrected chi connectivity index (χ0v) is 44.3. The van der Waals surface area contributed by atoms with Crippen LogP contribution in [0.2, 0.25) is 0 Å². The van der Waals surface area contributed by atoms with Gasteiger partial charge in [0.2, 0.25) is 23.6 Å². The number of hydrogen-bond acceptors (Lipinski definition) is 10. The summed E-state index contributed by atoms with van der Waals surface area (Å²) in [4.78, 5) is 81.0. The average molecular weight is 960 g/mol. The topological polar surface area (TPSA) is 221 Å². The van der Waals surface area contributed by atoms with Crippen molar-refractivity contribution < 1.29 is 48.5 Å². The van der Waals surface area contributed by atoms with Crippen molar-refractivity contribution in [1.82, 2.24) is 26.6 Å². The van der Waals surface area contributed by atoms with E-state index < -0.39 is 65.8 Å². The Balaban J connectivity index is 1.44. The van der Waals surface area contributed by atoms with Gasteiger partial charge in [0.25, 0.3) is 0 Å². The van der Waals surface area contributed by atoms with Gasteiger partial charge in [-0.25, -0.2) is 4.79 Å². The lowest BCUT2D eigenvalue weighted by Gasteiger charge is -2.63. The number of carbonyl (C=O) groups excluding carboxylic acids is 6. The van der Waals surface area contributed by atoms with Crippen LogP contribution in [-0.2, 0) is 33.4 Å². The van der Waals surface area contributed by atoms with E-state index in [0.29, 0.717) is 44.9 Å². The molecular weight excluding hydrogens is 867 g/mol. The molecule has 0 aromatic heterocycles. The predicted octanol–water partition coefficient (Wildman–Crippen LogP) is 6.95. The van der Waals surface area contributed by atoms with E-state index in [2.05, 4.69) is 40.4 Å². The average Bonchev–Trinajstić information content (AvgIpc) is 3.55. The van der Waals surface area contributed by atoms with Crippen molar-refractivity contribution in [2.75, 3.05) is 7.11 Å². The standard InChI is InChI=1S/C53H93N5O10/c1-29(2)22-38(55-47(63)39(23-30(3)4)56-48(64)40(24-31(5)6)57-49(65)41(25-32(7)8)58-50(66)68-51(9,10)11)46(62)54-35-20-21-52(12)34(26-35)27-42(59)45-36-19-18-33(16-15-17-44(61)67-14)53(36,13)43(60)28-37(45)52/h29-43,45,59-60H,15-28H2,1-14H3,(H,54,62)(H,55,63)(H,56,64)(H,57,65)(H,58,66)/t33-,34-,35-,36-,37-,38-,39-,40-,41-,42+,43-,45-,52-,53+/m0/s1. The Kier molecular flexibility index (Phi) is 20.2. The molecule has 0 aromatic carbocycles. The van der Waals surface area contributed by atoms with Gasteiger partial charge in [0.05, 0.1) is 19.3 Å². The summed E-state index contributed by atoms with van der Waals surface area (Å²) in [6.45, 7) is 25.4. The molecule has 4 rings (SSSR count). The maximum absolute atomic E-state index is 14.3. The number of ether oxygens (including phenoxy) is 2. The maximum atomic E-state index is 14.3. The summed E-state index contributed by atoms with van der Waals surface area (Å²) >= 11 is 0. The summed E-state index contributed by atoms with van der Waals surface area (Å²) in [5.74, 6) is -1.05. The molecule has 0 radical (unpaired) electrons. The fourth-order valence-electron chi connectivity index (χ4n) is 12.9. The van der Waals surface area contributed by atoms with E-state index in [-0.39, 0.29) is 88.4 Å². The number of aliphatic hydroxyl groups is 2. The van der Waals surface area contributed by atoms with Crippen LogP contribution >= 0.6 is 0 Å². The Morgan fingerprint density at radius 3 is 1.60 bits per heavy atom. The molecule has 0 spiro atoms.